The molecule has 0 bridgehead atoms. The zero-order valence-electron chi connectivity index (χ0n) is 8.62. The molecule has 1 atom stereocenters. The van der Waals surface area contributed by atoms with Crippen molar-refractivity contribution in [3.8, 4) is 0 Å². The van der Waals surface area contributed by atoms with E-state index < -0.39 is 6.04 Å². The van der Waals surface area contributed by atoms with Gasteiger partial charge in [-0.25, -0.2) is 0 Å². The fraction of sp³-hybridized carbons (Fsp3) is 0.600. The lowest BCUT2D eigenvalue weighted by Gasteiger charge is -2.09. The molecule has 14 heavy (non-hydrogen) atoms. The molecule has 0 saturated heterocycles. The summed E-state index contributed by atoms with van der Waals surface area (Å²) in [4.78, 5) is 21.7. The maximum atomic E-state index is 11.1. The van der Waals surface area contributed by atoms with Crippen LogP contribution in [0.25, 0.3) is 0 Å². The predicted molar refractivity (Wildman–Crippen MR) is 53.9 cm³/mol. The van der Waals surface area contributed by atoms with Crippen molar-refractivity contribution in [1.82, 2.24) is 0 Å². The molecule has 0 fully saturated rings. The maximum Gasteiger partial charge on any atom is 0.140 e. The normalized spacial score (nSPS) is 13.8. The van der Waals surface area contributed by atoms with Crippen molar-refractivity contribution in [3.05, 3.63) is 11.8 Å². The minimum absolute atomic E-state index is 0.0384. The highest BCUT2D eigenvalue weighted by Gasteiger charge is 2.11. The van der Waals surface area contributed by atoms with Crippen LogP contribution in [-0.4, -0.2) is 22.7 Å². The van der Waals surface area contributed by atoms with Crippen LogP contribution in [0.5, 0.6) is 0 Å². The molecular weight excluding hydrogens is 182 g/mol. The summed E-state index contributed by atoms with van der Waals surface area (Å²) in [6, 6.07) is -0.504. The second kappa shape index (κ2) is 6.32. The number of rotatable bonds is 6. The van der Waals surface area contributed by atoms with Gasteiger partial charge in [0.15, 0.2) is 0 Å². The van der Waals surface area contributed by atoms with E-state index in [1.165, 1.54) is 13.0 Å². The molecule has 80 valence electrons. The molecule has 3 N–H and O–H groups in total. The quantitative estimate of drug-likeness (QED) is 0.496. The Morgan fingerprint density at radius 3 is 2.50 bits per heavy atom. The van der Waals surface area contributed by atoms with Gasteiger partial charge in [0.2, 0.25) is 0 Å². The summed E-state index contributed by atoms with van der Waals surface area (Å²) >= 11 is 0. The fourth-order valence-electron chi connectivity index (χ4n) is 1.04. The van der Waals surface area contributed by atoms with Crippen molar-refractivity contribution in [2.45, 2.75) is 39.2 Å². The van der Waals surface area contributed by atoms with Crippen LogP contribution in [-0.2, 0) is 9.59 Å². The van der Waals surface area contributed by atoms with Gasteiger partial charge in [-0.3, -0.25) is 9.59 Å². The first-order valence-electron chi connectivity index (χ1n) is 4.59. The lowest BCUT2D eigenvalue weighted by molar-refractivity contribution is -0.125. The van der Waals surface area contributed by atoms with E-state index in [0.717, 1.165) is 0 Å². The number of carbonyl (C=O) groups is 2. The molecule has 0 aromatic rings. The van der Waals surface area contributed by atoms with Crippen LogP contribution in [0.2, 0.25) is 0 Å². The number of aliphatic hydroxyl groups is 1. The Morgan fingerprint density at radius 1 is 1.50 bits per heavy atom. The Hall–Kier alpha value is -1.16. The van der Waals surface area contributed by atoms with Crippen LogP contribution in [0.15, 0.2) is 11.8 Å². The monoisotopic (exact) mass is 199 g/mol. The molecule has 0 aliphatic heterocycles. The highest BCUT2D eigenvalue weighted by Crippen LogP contribution is 2.05. The van der Waals surface area contributed by atoms with E-state index in [1.54, 1.807) is 6.92 Å². The van der Waals surface area contributed by atoms with Gasteiger partial charge in [-0.2, -0.15) is 0 Å². The number of allylic oxidation sites excluding steroid dienone is 1. The van der Waals surface area contributed by atoms with Gasteiger partial charge >= 0.3 is 0 Å². The first-order valence-corrected chi connectivity index (χ1v) is 4.59. The average Bonchev–Trinajstić information content (AvgIpc) is 2.11. The standard InChI is InChI=1S/C10H17NO3/c1-3-10(14)9(11)5-4-8(13)6-7(2)12/h3,9,14H,4-6,11H2,1-2H3. The molecule has 0 heterocycles. The number of hydrogen-bond donors (Lipinski definition) is 2. The van der Waals surface area contributed by atoms with Gasteiger partial charge < -0.3 is 10.8 Å². The number of ketones is 2. The molecule has 0 spiro atoms. The molecule has 0 radical (unpaired) electrons. The fourth-order valence-corrected chi connectivity index (χ4v) is 1.04. The molecule has 0 rings (SSSR count). The summed E-state index contributed by atoms with van der Waals surface area (Å²) in [6.07, 6.45) is 2.07. The second-order valence-corrected chi connectivity index (χ2v) is 3.28. The Morgan fingerprint density at radius 2 is 2.07 bits per heavy atom. The zero-order valence-corrected chi connectivity index (χ0v) is 8.62. The van der Waals surface area contributed by atoms with E-state index in [0.29, 0.717) is 6.42 Å². The van der Waals surface area contributed by atoms with Gasteiger partial charge in [0.1, 0.15) is 17.3 Å². The van der Waals surface area contributed by atoms with E-state index in [1.807, 2.05) is 0 Å². The van der Waals surface area contributed by atoms with E-state index in [9.17, 15) is 14.7 Å². The molecule has 4 heteroatoms. The van der Waals surface area contributed by atoms with E-state index in [2.05, 4.69) is 0 Å². The second-order valence-electron chi connectivity index (χ2n) is 3.28. The summed E-state index contributed by atoms with van der Waals surface area (Å²) in [6.45, 7) is 3.05. The van der Waals surface area contributed by atoms with Gasteiger partial charge in [-0.05, 0) is 26.3 Å². The van der Waals surface area contributed by atoms with Crippen molar-refractivity contribution in [2.75, 3.05) is 0 Å². The average molecular weight is 199 g/mol. The van der Waals surface area contributed by atoms with Crippen molar-refractivity contribution >= 4 is 11.6 Å². The number of hydrogen-bond acceptors (Lipinski definition) is 4. The third kappa shape index (κ3) is 5.48. The van der Waals surface area contributed by atoms with Crippen LogP contribution >= 0.6 is 0 Å². The Labute approximate surface area is 83.8 Å². The van der Waals surface area contributed by atoms with Gasteiger partial charge in [-0.15, -0.1) is 0 Å². The van der Waals surface area contributed by atoms with E-state index in [-0.39, 0.29) is 30.2 Å². The van der Waals surface area contributed by atoms with E-state index >= 15 is 0 Å². The molecule has 0 aromatic carbocycles. The minimum Gasteiger partial charge on any atom is -0.511 e. The Bertz CT molecular complexity index is 246. The number of carbonyl (C=O) groups excluding carboxylic acids is 2. The largest absolute Gasteiger partial charge is 0.511 e. The van der Waals surface area contributed by atoms with Crippen molar-refractivity contribution in [3.63, 3.8) is 0 Å². The summed E-state index contributed by atoms with van der Waals surface area (Å²) in [5.74, 6) is -0.184. The number of nitrogens with two attached hydrogens (primary N) is 1. The minimum atomic E-state index is -0.504. The van der Waals surface area contributed by atoms with Crippen molar-refractivity contribution < 1.29 is 14.7 Å². The van der Waals surface area contributed by atoms with Gasteiger partial charge in [0, 0.05) is 6.42 Å². The van der Waals surface area contributed by atoms with Crippen molar-refractivity contribution in [2.24, 2.45) is 5.73 Å². The summed E-state index contributed by atoms with van der Waals surface area (Å²) in [5, 5.41) is 9.18. The highest BCUT2D eigenvalue weighted by molar-refractivity contribution is 5.97. The molecule has 0 aliphatic rings. The third-order valence-electron chi connectivity index (χ3n) is 1.86. The third-order valence-corrected chi connectivity index (χ3v) is 1.86. The molecule has 0 aliphatic carbocycles. The lowest BCUT2D eigenvalue weighted by atomic mass is 10.1. The summed E-state index contributed by atoms with van der Waals surface area (Å²) in [7, 11) is 0. The topological polar surface area (TPSA) is 80.4 Å². The highest BCUT2D eigenvalue weighted by atomic mass is 16.3. The van der Waals surface area contributed by atoms with Gasteiger partial charge in [0.05, 0.1) is 12.5 Å². The molecule has 4 nitrogen and oxygen atoms in total. The van der Waals surface area contributed by atoms with Gasteiger partial charge in [-0.1, -0.05) is 0 Å². The van der Waals surface area contributed by atoms with Crippen LogP contribution in [0.3, 0.4) is 0 Å². The zero-order chi connectivity index (χ0) is 11.1. The van der Waals surface area contributed by atoms with Crippen LogP contribution in [0.1, 0.15) is 33.1 Å². The van der Waals surface area contributed by atoms with Crippen LogP contribution in [0.4, 0.5) is 0 Å². The van der Waals surface area contributed by atoms with Crippen LogP contribution in [0, 0.1) is 0 Å². The van der Waals surface area contributed by atoms with Crippen molar-refractivity contribution in [1.29, 1.82) is 0 Å². The number of aliphatic hydroxyl groups excluding tert-OH is 1. The smallest absolute Gasteiger partial charge is 0.140 e. The van der Waals surface area contributed by atoms with Gasteiger partial charge in [0.25, 0.3) is 0 Å². The molecular formula is C10H17NO3. The molecule has 0 aromatic heterocycles. The maximum absolute atomic E-state index is 11.1. The molecule has 1 unspecified atom stereocenters. The van der Waals surface area contributed by atoms with Crippen LogP contribution < -0.4 is 5.73 Å². The Balaban J connectivity index is 3.83. The summed E-state index contributed by atoms with van der Waals surface area (Å²) in [5.41, 5.74) is 5.55. The first kappa shape index (κ1) is 12.8. The first-order chi connectivity index (χ1) is 6.47. The molecule has 0 amide bonds. The number of Topliss-reactive ketones (excluding diaryl/α,β-unsaturated/α-hetero) is 2. The summed E-state index contributed by atoms with van der Waals surface area (Å²) < 4.78 is 0. The SMILES string of the molecule is CC=C(O)C(N)CCC(=O)CC(C)=O. The predicted octanol–water partition coefficient (Wildman–Crippen LogP) is 1.10. The van der Waals surface area contributed by atoms with E-state index in [4.69, 9.17) is 5.73 Å². The Kier molecular flexibility index (Phi) is 5.79. The molecule has 0 saturated carbocycles. The lowest BCUT2D eigenvalue weighted by Crippen LogP contribution is -2.23.